The van der Waals surface area contributed by atoms with Crippen molar-refractivity contribution in [3.05, 3.63) is 16.1 Å². The van der Waals surface area contributed by atoms with Gasteiger partial charge in [0.1, 0.15) is 5.01 Å². The van der Waals surface area contributed by atoms with E-state index in [0.29, 0.717) is 0 Å². The van der Waals surface area contributed by atoms with Crippen LogP contribution in [0.4, 0.5) is 0 Å². The molecule has 2 rings (SSSR count). The molecule has 1 aliphatic rings. The molecule has 0 aromatic carbocycles. The molecule has 0 aliphatic carbocycles. The van der Waals surface area contributed by atoms with Gasteiger partial charge in [0.05, 0.1) is 0 Å². The molecule has 2 heterocycles. The number of nitrogens with two attached hydrogens (primary N) is 1. The average Bonchev–Trinajstić information content (AvgIpc) is 2.76. The molecule has 0 atom stereocenters. The third-order valence-electron chi connectivity index (χ3n) is 3.43. The monoisotopic (exact) mass is 255 g/mol. The van der Waals surface area contributed by atoms with Crippen molar-refractivity contribution in [1.82, 2.24) is 10.3 Å². The number of ether oxygens (including phenoxy) is 1. The van der Waals surface area contributed by atoms with Crippen LogP contribution in [0.5, 0.6) is 0 Å². The fourth-order valence-corrected chi connectivity index (χ4v) is 2.92. The Morgan fingerprint density at radius 1 is 1.53 bits per heavy atom. The van der Waals surface area contributed by atoms with Gasteiger partial charge in [-0.1, -0.05) is 0 Å². The van der Waals surface area contributed by atoms with Gasteiger partial charge in [0.25, 0.3) is 0 Å². The molecular formula is C12H21N3OS. The molecule has 1 saturated heterocycles. The predicted octanol–water partition coefficient (Wildman–Crippen LogP) is 1.30. The second-order valence-corrected chi connectivity index (χ2v) is 5.75. The lowest BCUT2D eigenvalue weighted by Crippen LogP contribution is -2.44. The molecule has 1 fully saturated rings. The number of aromatic nitrogens is 1. The van der Waals surface area contributed by atoms with Gasteiger partial charge in [0.2, 0.25) is 0 Å². The lowest BCUT2D eigenvalue weighted by molar-refractivity contribution is 0.0191. The van der Waals surface area contributed by atoms with E-state index in [9.17, 15) is 0 Å². The normalized spacial score (nSPS) is 19.4. The minimum Gasteiger partial charge on any atom is -0.381 e. The molecule has 96 valence electrons. The van der Waals surface area contributed by atoms with Gasteiger partial charge >= 0.3 is 0 Å². The molecule has 17 heavy (non-hydrogen) atoms. The smallest absolute Gasteiger partial charge is 0.107 e. The zero-order chi connectivity index (χ0) is 12.1. The van der Waals surface area contributed by atoms with Crippen molar-refractivity contribution in [1.29, 1.82) is 0 Å². The Hall–Kier alpha value is -0.490. The van der Waals surface area contributed by atoms with E-state index in [2.05, 4.69) is 15.7 Å². The maximum atomic E-state index is 5.91. The molecular weight excluding hydrogens is 234 g/mol. The molecule has 0 radical (unpaired) electrons. The van der Waals surface area contributed by atoms with E-state index in [1.807, 2.05) is 6.92 Å². The van der Waals surface area contributed by atoms with Crippen molar-refractivity contribution in [2.75, 3.05) is 26.3 Å². The minimum absolute atomic E-state index is 0.227. The molecule has 3 N–H and O–H groups in total. The molecule has 4 nitrogen and oxygen atoms in total. The number of nitrogens with zero attached hydrogens (tertiary/aromatic N) is 1. The van der Waals surface area contributed by atoms with E-state index in [-0.39, 0.29) is 5.41 Å². The Balaban J connectivity index is 1.79. The summed E-state index contributed by atoms with van der Waals surface area (Å²) in [5.41, 5.74) is 7.24. The Kier molecular flexibility index (Phi) is 4.50. The molecule has 0 unspecified atom stereocenters. The number of rotatable bonds is 5. The van der Waals surface area contributed by atoms with Crippen LogP contribution >= 0.6 is 11.3 Å². The molecule has 0 spiro atoms. The van der Waals surface area contributed by atoms with Crippen molar-refractivity contribution < 1.29 is 4.74 Å². The van der Waals surface area contributed by atoms with Gasteiger partial charge in [-0.05, 0) is 31.7 Å². The van der Waals surface area contributed by atoms with Gasteiger partial charge < -0.3 is 15.8 Å². The largest absolute Gasteiger partial charge is 0.381 e. The van der Waals surface area contributed by atoms with E-state index in [1.54, 1.807) is 11.3 Å². The molecule has 0 amide bonds. The summed E-state index contributed by atoms with van der Waals surface area (Å²) in [6.45, 7) is 6.26. The first-order valence-electron chi connectivity index (χ1n) is 6.14. The topological polar surface area (TPSA) is 60.2 Å². The minimum atomic E-state index is 0.227. The van der Waals surface area contributed by atoms with Crippen molar-refractivity contribution >= 4 is 11.3 Å². The molecule has 0 saturated carbocycles. The highest BCUT2D eigenvalue weighted by molar-refractivity contribution is 7.09. The molecule has 5 heteroatoms. The van der Waals surface area contributed by atoms with Gasteiger partial charge in [-0.25, -0.2) is 4.98 Å². The van der Waals surface area contributed by atoms with Gasteiger partial charge in [-0.2, -0.15) is 0 Å². The van der Waals surface area contributed by atoms with E-state index >= 15 is 0 Å². The summed E-state index contributed by atoms with van der Waals surface area (Å²) >= 11 is 1.71. The van der Waals surface area contributed by atoms with Crippen LogP contribution in [0.3, 0.4) is 0 Å². The summed E-state index contributed by atoms with van der Waals surface area (Å²) in [6, 6.07) is 0. The Morgan fingerprint density at radius 3 is 2.88 bits per heavy atom. The highest BCUT2D eigenvalue weighted by Crippen LogP contribution is 2.28. The Labute approximate surface area is 107 Å². The summed E-state index contributed by atoms with van der Waals surface area (Å²) in [6.07, 6.45) is 2.13. The van der Waals surface area contributed by atoms with E-state index in [0.717, 1.165) is 56.4 Å². The maximum absolute atomic E-state index is 5.91. The maximum Gasteiger partial charge on any atom is 0.107 e. The molecule has 1 aromatic heterocycles. The summed E-state index contributed by atoms with van der Waals surface area (Å²) in [5.74, 6) is 0. The van der Waals surface area contributed by atoms with Crippen LogP contribution in [-0.4, -0.2) is 31.3 Å². The Bertz CT molecular complexity index is 347. The second kappa shape index (κ2) is 5.91. The number of thiazole rings is 1. The second-order valence-electron chi connectivity index (χ2n) is 4.80. The van der Waals surface area contributed by atoms with Crippen molar-refractivity contribution in [3.63, 3.8) is 0 Å². The van der Waals surface area contributed by atoms with Crippen molar-refractivity contribution in [3.8, 4) is 0 Å². The number of nitrogens with one attached hydrogen (secondary N) is 1. The fraction of sp³-hybridized carbons (Fsp3) is 0.750. The third-order valence-corrected chi connectivity index (χ3v) is 4.40. The van der Waals surface area contributed by atoms with E-state index in [4.69, 9.17) is 10.5 Å². The first-order valence-corrected chi connectivity index (χ1v) is 7.02. The standard InChI is InChI=1S/C12H21N3OS/c1-10-7-17-11(15-10)6-14-9-12(8-13)2-4-16-5-3-12/h7,14H,2-6,8-9,13H2,1H3. The zero-order valence-electron chi connectivity index (χ0n) is 10.4. The lowest BCUT2D eigenvalue weighted by atomic mass is 9.80. The first kappa shape index (κ1) is 13.0. The van der Waals surface area contributed by atoms with Crippen LogP contribution in [-0.2, 0) is 11.3 Å². The average molecular weight is 255 g/mol. The predicted molar refractivity (Wildman–Crippen MR) is 70.1 cm³/mol. The van der Waals surface area contributed by atoms with Crippen LogP contribution in [0, 0.1) is 12.3 Å². The fourth-order valence-electron chi connectivity index (χ4n) is 2.18. The van der Waals surface area contributed by atoms with Crippen LogP contribution in [0.15, 0.2) is 5.38 Å². The molecule has 0 bridgehead atoms. The summed E-state index contributed by atoms with van der Waals surface area (Å²) in [4.78, 5) is 4.44. The molecule has 1 aliphatic heterocycles. The van der Waals surface area contributed by atoms with Crippen molar-refractivity contribution in [2.24, 2.45) is 11.1 Å². The number of hydrogen-bond acceptors (Lipinski definition) is 5. The van der Waals surface area contributed by atoms with Crippen LogP contribution in [0.25, 0.3) is 0 Å². The van der Waals surface area contributed by atoms with Gasteiger partial charge in [-0.3, -0.25) is 0 Å². The summed E-state index contributed by atoms with van der Waals surface area (Å²) in [7, 11) is 0. The Morgan fingerprint density at radius 2 is 2.29 bits per heavy atom. The van der Waals surface area contributed by atoms with Gasteiger partial charge in [0.15, 0.2) is 0 Å². The van der Waals surface area contributed by atoms with E-state index < -0.39 is 0 Å². The highest BCUT2D eigenvalue weighted by Gasteiger charge is 2.30. The quantitative estimate of drug-likeness (QED) is 0.832. The van der Waals surface area contributed by atoms with E-state index in [1.165, 1.54) is 0 Å². The first-order chi connectivity index (χ1) is 8.24. The van der Waals surface area contributed by atoms with Crippen LogP contribution < -0.4 is 11.1 Å². The van der Waals surface area contributed by atoms with Crippen LogP contribution in [0.1, 0.15) is 23.5 Å². The summed E-state index contributed by atoms with van der Waals surface area (Å²) < 4.78 is 5.40. The molecule has 1 aromatic rings. The zero-order valence-corrected chi connectivity index (χ0v) is 11.2. The summed E-state index contributed by atoms with van der Waals surface area (Å²) in [5, 5.41) is 6.73. The number of hydrogen-bond donors (Lipinski definition) is 2. The lowest BCUT2D eigenvalue weighted by Gasteiger charge is -2.36. The highest BCUT2D eigenvalue weighted by atomic mass is 32.1. The van der Waals surface area contributed by atoms with Gasteiger partial charge in [0, 0.05) is 37.4 Å². The van der Waals surface area contributed by atoms with Crippen LogP contribution in [0.2, 0.25) is 0 Å². The van der Waals surface area contributed by atoms with Crippen molar-refractivity contribution in [2.45, 2.75) is 26.3 Å². The SMILES string of the molecule is Cc1csc(CNCC2(CN)CCOCC2)n1. The van der Waals surface area contributed by atoms with Gasteiger partial charge in [-0.15, -0.1) is 11.3 Å². The third kappa shape index (κ3) is 3.48. The number of aryl methyl sites for hydroxylation is 1.